The molecule has 2 heterocycles. The highest BCUT2D eigenvalue weighted by molar-refractivity contribution is 5.73. The van der Waals surface area contributed by atoms with Crippen LogP contribution >= 0.6 is 0 Å². The van der Waals surface area contributed by atoms with E-state index in [1.807, 2.05) is 30.3 Å². The van der Waals surface area contributed by atoms with Crippen LogP contribution < -0.4 is 5.32 Å². The van der Waals surface area contributed by atoms with Crippen molar-refractivity contribution in [2.24, 2.45) is 0 Å². The number of esters is 1. The van der Waals surface area contributed by atoms with Crippen molar-refractivity contribution >= 4 is 11.9 Å². The van der Waals surface area contributed by atoms with Crippen LogP contribution in [-0.4, -0.2) is 94.9 Å². The first kappa shape index (κ1) is 33.4. The van der Waals surface area contributed by atoms with E-state index in [2.05, 4.69) is 19.2 Å². The van der Waals surface area contributed by atoms with Gasteiger partial charge in [0, 0.05) is 39.7 Å². The molecule has 0 aliphatic carbocycles. The predicted octanol–water partition coefficient (Wildman–Crippen LogP) is 3.30. The summed E-state index contributed by atoms with van der Waals surface area (Å²) >= 11 is 0. The summed E-state index contributed by atoms with van der Waals surface area (Å²) in [6.07, 6.45) is -0.802. The van der Waals surface area contributed by atoms with E-state index < -0.39 is 55.1 Å². The molecule has 0 saturated carbocycles. The van der Waals surface area contributed by atoms with Gasteiger partial charge in [-0.05, 0) is 12.8 Å². The molecule has 1 amide bonds. The molecular weight excluding hydrogens is 534 g/mol. The Kier molecular flexibility index (Phi) is 14.5. The Labute approximate surface area is 243 Å². The number of rotatable bonds is 17. The lowest BCUT2D eigenvalue weighted by molar-refractivity contribution is -0.350. The molecule has 2 saturated heterocycles. The van der Waals surface area contributed by atoms with Gasteiger partial charge in [0.25, 0.3) is 0 Å². The lowest BCUT2D eigenvalue weighted by Gasteiger charge is -2.49. The Balaban J connectivity index is 1.82. The standard InChI is InChI=1S/C30H47NO10/c1-6-8-15-35-23(24(17-34-5)39-21(4)33)18-38-30-26(31-20(3)32)28(36-16-9-7-2)27-25(40-30)19-37-29(41-27)22-13-11-10-12-14-22/h10-14,23-30H,6-9,15-19H2,1-5H3,(H,31,32)/t23?,24?,25?,26?,27-,28?,29?,30-/m1/s1. The third-order valence-electron chi connectivity index (χ3n) is 6.91. The molecule has 1 aromatic rings. The SMILES string of the molecule is CCCCOC(CO[C@@H]1OC2COC(c3ccccc3)O[C@H]2C(OCCCC)C1NC(C)=O)C(COC)OC(C)=O. The Morgan fingerprint density at radius 3 is 2.37 bits per heavy atom. The minimum atomic E-state index is -0.898. The van der Waals surface area contributed by atoms with E-state index >= 15 is 0 Å². The van der Waals surface area contributed by atoms with E-state index in [0.29, 0.717) is 13.2 Å². The minimum absolute atomic E-state index is 0.0270. The Bertz CT molecular complexity index is 903. The monoisotopic (exact) mass is 581 g/mol. The molecule has 8 atom stereocenters. The van der Waals surface area contributed by atoms with Crippen LogP contribution in [0.4, 0.5) is 0 Å². The molecule has 1 aromatic carbocycles. The van der Waals surface area contributed by atoms with Crippen LogP contribution in [0.1, 0.15) is 65.2 Å². The van der Waals surface area contributed by atoms with Gasteiger partial charge in [0.2, 0.25) is 5.91 Å². The topological polar surface area (TPSA) is 120 Å². The number of methoxy groups -OCH3 is 1. The van der Waals surface area contributed by atoms with Gasteiger partial charge in [-0.2, -0.15) is 0 Å². The first-order valence-corrected chi connectivity index (χ1v) is 14.6. The molecule has 2 aliphatic heterocycles. The zero-order chi connectivity index (χ0) is 29.6. The smallest absolute Gasteiger partial charge is 0.303 e. The molecule has 0 aromatic heterocycles. The van der Waals surface area contributed by atoms with Crippen molar-refractivity contribution in [3.8, 4) is 0 Å². The molecule has 0 radical (unpaired) electrons. The van der Waals surface area contributed by atoms with Crippen molar-refractivity contribution in [3.05, 3.63) is 35.9 Å². The first-order valence-electron chi connectivity index (χ1n) is 14.6. The molecule has 3 rings (SSSR count). The lowest BCUT2D eigenvalue weighted by atomic mass is 9.95. The summed E-state index contributed by atoms with van der Waals surface area (Å²) in [7, 11) is 1.53. The number of unbranched alkanes of at least 4 members (excludes halogenated alkanes) is 2. The largest absolute Gasteiger partial charge is 0.457 e. The van der Waals surface area contributed by atoms with Crippen LogP contribution in [0.5, 0.6) is 0 Å². The van der Waals surface area contributed by atoms with Gasteiger partial charge in [-0.15, -0.1) is 0 Å². The van der Waals surface area contributed by atoms with Gasteiger partial charge in [0.05, 0.1) is 19.8 Å². The van der Waals surface area contributed by atoms with Crippen molar-refractivity contribution in [2.75, 3.05) is 40.1 Å². The second-order valence-corrected chi connectivity index (χ2v) is 10.3. The summed E-state index contributed by atoms with van der Waals surface area (Å²) in [4.78, 5) is 24.2. The van der Waals surface area contributed by atoms with Gasteiger partial charge in [-0.3, -0.25) is 9.59 Å². The molecule has 11 heteroatoms. The van der Waals surface area contributed by atoms with E-state index in [-0.39, 0.29) is 25.7 Å². The maximum absolute atomic E-state index is 12.4. The highest BCUT2D eigenvalue weighted by Crippen LogP contribution is 2.36. The van der Waals surface area contributed by atoms with Crippen LogP contribution in [-0.2, 0) is 47.5 Å². The quantitative estimate of drug-likeness (QED) is 0.217. The predicted molar refractivity (Wildman–Crippen MR) is 149 cm³/mol. The molecular formula is C30H47NO10. The Hall–Kier alpha value is -2.12. The third kappa shape index (κ3) is 10.3. The number of carbonyl (C=O) groups is 2. The van der Waals surface area contributed by atoms with Crippen LogP contribution in [0.25, 0.3) is 0 Å². The molecule has 232 valence electrons. The zero-order valence-corrected chi connectivity index (χ0v) is 25.0. The average molecular weight is 582 g/mol. The van der Waals surface area contributed by atoms with Crippen molar-refractivity contribution in [3.63, 3.8) is 0 Å². The average Bonchev–Trinajstić information content (AvgIpc) is 2.95. The van der Waals surface area contributed by atoms with Crippen LogP contribution in [0.3, 0.4) is 0 Å². The fourth-order valence-electron chi connectivity index (χ4n) is 4.87. The summed E-state index contributed by atoms with van der Waals surface area (Å²) in [5, 5.41) is 2.97. The molecule has 6 unspecified atom stereocenters. The lowest BCUT2D eigenvalue weighted by Crippen LogP contribution is -2.67. The number of benzene rings is 1. The molecule has 1 N–H and O–H groups in total. The van der Waals surface area contributed by atoms with Crippen LogP contribution in [0, 0.1) is 0 Å². The van der Waals surface area contributed by atoms with Gasteiger partial charge in [-0.25, -0.2) is 0 Å². The van der Waals surface area contributed by atoms with Gasteiger partial charge >= 0.3 is 5.97 Å². The van der Waals surface area contributed by atoms with Gasteiger partial charge < -0.3 is 43.2 Å². The number of ether oxygens (including phenoxy) is 8. The third-order valence-corrected chi connectivity index (χ3v) is 6.91. The number of carbonyl (C=O) groups excluding carboxylic acids is 2. The van der Waals surface area contributed by atoms with Crippen molar-refractivity contribution < 1.29 is 47.5 Å². The number of hydrogen-bond acceptors (Lipinski definition) is 10. The molecule has 11 nitrogen and oxygen atoms in total. The highest BCUT2D eigenvalue weighted by atomic mass is 16.8. The molecule has 41 heavy (non-hydrogen) atoms. The fourth-order valence-corrected chi connectivity index (χ4v) is 4.87. The normalized spacial score (nSPS) is 27.4. The summed E-state index contributed by atoms with van der Waals surface area (Å²) < 4.78 is 48.3. The van der Waals surface area contributed by atoms with Crippen molar-refractivity contribution in [2.45, 2.75) is 103 Å². The van der Waals surface area contributed by atoms with Gasteiger partial charge in [0.15, 0.2) is 18.7 Å². The van der Waals surface area contributed by atoms with Crippen LogP contribution in [0.2, 0.25) is 0 Å². The van der Waals surface area contributed by atoms with E-state index in [4.69, 9.17) is 37.9 Å². The Morgan fingerprint density at radius 1 is 0.976 bits per heavy atom. The first-order chi connectivity index (χ1) is 19.9. The second-order valence-electron chi connectivity index (χ2n) is 10.3. The van der Waals surface area contributed by atoms with Crippen molar-refractivity contribution in [1.82, 2.24) is 5.32 Å². The summed E-state index contributed by atoms with van der Waals surface area (Å²) in [6.45, 7) is 8.29. The van der Waals surface area contributed by atoms with Crippen LogP contribution in [0.15, 0.2) is 30.3 Å². The minimum Gasteiger partial charge on any atom is -0.457 e. The zero-order valence-electron chi connectivity index (χ0n) is 25.0. The van der Waals surface area contributed by atoms with E-state index in [0.717, 1.165) is 31.2 Å². The molecule has 0 bridgehead atoms. The van der Waals surface area contributed by atoms with Gasteiger partial charge in [-0.1, -0.05) is 57.0 Å². The molecule has 2 aliphatic rings. The number of hydrogen-bond donors (Lipinski definition) is 1. The van der Waals surface area contributed by atoms with E-state index in [9.17, 15) is 9.59 Å². The molecule has 0 spiro atoms. The number of amides is 1. The fraction of sp³-hybridized carbons (Fsp3) is 0.733. The molecule has 2 fully saturated rings. The number of fused-ring (bicyclic) bond motifs is 1. The maximum Gasteiger partial charge on any atom is 0.303 e. The van der Waals surface area contributed by atoms with E-state index in [1.165, 1.54) is 21.0 Å². The summed E-state index contributed by atoms with van der Waals surface area (Å²) in [6, 6.07) is 8.99. The van der Waals surface area contributed by atoms with Gasteiger partial charge in [0.1, 0.15) is 30.5 Å². The Morgan fingerprint density at radius 2 is 1.71 bits per heavy atom. The summed E-state index contributed by atoms with van der Waals surface area (Å²) in [5.41, 5.74) is 0.884. The summed E-state index contributed by atoms with van der Waals surface area (Å²) in [5.74, 6) is -0.702. The van der Waals surface area contributed by atoms with E-state index in [1.54, 1.807) is 0 Å². The maximum atomic E-state index is 12.4. The number of nitrogens with one attached hydrogen (secondary N) is 1. The second kappa shape index (κ2) is 17.7. The van der Waals surface area contributed by atoms with Crippen molar-refractivity contribution in [1.29, 1.82) is 0 Å². The highest BCUT2D eigenvalue weighted by Gasteiger charge is 2.51.